The van der Waals surface area contributed by atoms with Crippen molar-refractivity contribution in [3.63, 3.8) is 0 Å². The molecule has 0 saturated heterocycles. The Balaban J connectivity index is 0.940. The highest BCUT2D eigenvalue weighted by Gasteiger charge is 2.65. The number of aromatic carboxylic acids is 1. The zero-order chi connectivity index (χ0) is 41.2. The minimum atomic E-state index is -1.08. The van der Waals surface area contributed by atoms with Gasteiger partial charge in [-0.3, -0.25) is 4.68 Å². The largest absolute Gasteiger partial charge is 0.476 e. The van der Waals surface area contributed by atoms with Crippen molar-refractivity contribution in [2.24, 2.45) is 21.7 Å². The summed E-state index contributed by atoms with van der Waals surface area (Å²) in [6.07, 6.45) is 13.1. The lowest BCUT2D eigenvalue weighted by Crippen LogP contribution is -2.60. The number of hydrogen-bond acceptors (Lipinski definition) is 12. The molecule has 1 aliphatic heterocycles. The molecule has 59 heavy (non-hydrogen) atoms. The zero-order valence-electron chi connectivity index (χ0n) is 34.7. The molecule has 312 valence electrons. The van der Waals surface area contributed by atoms with E-state index < -0.39 is 12.1 Å². The van der Waals surface area contributed by atoms with Gasteiger partial charge in [0.2, 0.25) is 0 Å². The standard InChI is InChI=1S/C45H57N9O4S/c1-28-31-9-7-18-53(39(31)52-51-38(28)50-41-48-34-10-5-6-11-35(34)59-41)36-13-12-32(37(49-36)40(57)58)33-19-47-54(29(33)2)27-45-24-42(3)21-43(4,25-45)23-44(22-42,26-45)15-8-16-46-17-14-30(56)20-55/h5-6,10-13,19,30,46,55-56H,7-9,14-18,20-27H2,1-4H3,(H,57,58)(H,48,50,51)/t30-,42?,43?,44?,45?/m0/s1. The molecule has 0 radical (unpaired) electrons. The van der Waals surface area contributed by atoms with E-state index in [1.807, 2.05) is 48.4 Å². The molecule has 4 aliphatic carbocycles. The van der Waals surface area contributed by atoms with Gasteiger partial charge in [-0.15, -0.1) is 10.2 Å². The summed E-state index contributed by atoms with van der Waals surface area (Å²) in [6.45, 7) is 12.1. The lowest BCUT2D eigenvalue weighted by atomic mass is 9.35. The average Bonchev–Trinajstić information content (AvgIpc) is 3.76. The molecule has 4 fully saturated rings. The first-order chi connectivity index (χ1) is 28.3. The quantitative estimate of drug-likeness (QED) is 0.0646. The van der Waals surface area contributed by atoms with Gasteiger partial charge in [-0.25, -0.2) is 14.8 Å². The number of rotatable bonds is 15. The molecule has 5 aliphatic rings. The first kappa shape index (κ1) is 39.9. The van der Waals surface area contributed by atoms with Crippen molar-refractivity contribution in [1.82, 2.24) is 35.3 Å². The molecule has 5 N–H and O–H groups in total. The summed E-state index contributed by atoms with van der Waals surface area (Å²) in [5.74, 6) is 0.830. The Hall–Kier alpha value is -4.50. The number of carboxylic acids is 1. The van der Waals surface area contributed by atoms with Crippen LogP contribution in [0.4, 0.5) is 22.6 Å². The number of anilines is 4. The SMILES string of the molecule is Cc1c(Nc2nc3ccccc3s2)nnc2c1CCCN2c1ccc(-c2cnn(CC34CC5(C)CC(C)(CC(CCCNCC[C@H](O)CO)(C5)C3)C4)c2C)c(C(=O)O)n1. The lowest BCUT2D eigenvalue weighted by molar-refractivity contribution is -0.197. The highest BCUT2D eigenvalue weighted by atomic mass is 32.1. The predicted molar refractivity (Wildman–Crippen MR) is 231 cm³/mol. The maximum absolute atomic E-state index is 12.9. The Kier molecular flexibility index (Phi) is 10.3. The van der Waals surface area contributed by atoms with E-state index in [1.165, 1.54) is 44.9 Å². The number of nitrogens with one attached hydrogen (secondary N) is 2. The highest BCUT2D eigenvalue weighted by Crippen LogP contribution is 2.75. The van der Waals surface area contributed by atoms with Gasteiger partial charge < -0.3 is 30.9 Å². The topological polar surface area (TPSA) is 174 Å². The van der Waals surface area contributed by atoms with E-state index in [-0.39, 0.29) is 17.7 Å². The molecule has 14 heteroatoms. The van der Waals surface area contributed by atoms with Crippen molar-refractivity contribution in [2.45, 2.75) is 111 Å². The normalized spacial score (nSPS) is 26.4. The summed E-state index contributed by atoms with van der Waals surface area (Å²) < 4.78 is 3.25. The third kappa shape index (κ3) is 7.62. The molecule has 13 nitrogen and oxygen atoms in total. The number of hydrogen-bond donors (Lipinski definition) is 5. The maximum atomic E-state index is 12.9. The fourth-order valence-electron chi connectivity index (χ4n) is 12.8. The molecule has 5 aromatic rings. The molecular formula is C45H57N9O4S. The van der Waals surface area contributed by atoms with Gasteiger partial charge in [0, 0.05) is 41.0 Å². The predicted octanol–water partition coefficient (Wildman–Crippen LogP) is 7.97. The third-order valence-corrected chi connectivity index (χ3v) is 14.8. The fraction of sp³-hybridized carbons (Fsp3) is 0.556. The van der Waals surface area contributed by atoms with Crippen LogP contribution in [0.5, 0.6) is 0 Å². The van der Waals surface area contributed by atoms with Crippen LogP contribution < -0.4 is 15.5 Å². The first-order valence-electron chi connectivity index (χ1n) is 21.3. The number of nitrogens with zero attached hydrogens (tertiary/aromatic N) is 7. The van der Waals surface area contributed by atoms with Crippen molar-refractivity contribution in [2.75, 3.05) is 36.5 Å². The number of carbonyl (C=O) groups is 1. The Morgan fingerprint density at radius 1 is 0.949 bits per heavy atom. The summed E-state index contributed by atoms with van der Waals surface area (Å²) in [5.41, 5.74) is 6.37. The number of benzene rings is 1. The molecule has 5 heterocycles. The van der Waals surface area contributed by atoms with Gasteiger partial charge in [0.25, 0.3) is 0 Å². The van der Waals surface area contributed by atoms with Gasteiger partial charge in [0.15, 0.2) is 22.5 Å². The van der Waals surface area contributed by atoms with Crippen LogP contribution in [0.25, 0.3) is 21.3 Å². The second-order valence-corrected chi connectivity index (χ2v) is 20.2. The van der Waals surface area contributed by atoms with Crippen molar-refractivity contribution in [1.29, 1.82) is 0 Å². The molecule has 10 rings (SSSR count). The highest BCUT2D eigenvalue weighted by molar-refractivity contribution is 7.22. The van der Waals surface area contributed by atoms with Gasteiger partial charge in [-0.1, -0.05) is 37.3 Å². The van der Waals surface area contributed by atoms with Crippen molar-refractivity contribution < 1.29 is 20.1 Å². The van der Waals surface area contributed by atoms with Crippen LogP contribution in [-0.2, 0) is 13.0 Å². The Morgan fingerprint density at radius 2 is 1.73 bits per heavy atom. The Bertz CT molecular complexity index is 2340. The van der Waals surface area contributed by atoms with Gasteiger partial charge in [0.05, 0.1) is 29.1 Å². The monoisotopic (exact) mass is 819 g/mol. The minimum absolute atomic E-state index is 0.00402. The van der Waals surface area contributed by atoms with Crippen LogP contribution in [0.2, 0.25) is 0 Å². The smallest absolute Gasteiger partial charge is 0.355 e. The van der Waals surface area contributed by atoms with E-state index in [4.69, 9.17) is 20.2 Å². The van der Waals surface area contributed by atoms with Crippen molar-refractivity contribution >= 4 is 50.1 Å². The van der Waals surface area contributed by atoms with E-state index in [0.717, 1.165) is 70.1 Å². The van der Waals surface area contributed by atoms with E-state index >= 15 is 0 Å². The Labute approximate surface area is 349 Å². The Morgan fingerprint density at radius 3 is 2.49 bits per heavy atom. The van der Waals surface area contributed by atoms with Crippen LogP contribution >= 0.6 is 11.3 Å². The van der Waals surface area contributed by atoms with Gasteiger partial charge >= 0.3 is 5.97 Å². The lowest BCUT2D eigenvalue weighted by Gasteiger charge is -2.70. The molecule has 4 bridgehead atoms. The summed E-state index contributed by atoms with van der Waals surface area (Å²) >= 11 is 1.58. The fourth-order valence-corrected chi connectivity index (χ4v) is 13.7. The molecule has 4 aromatic heterocycles. The van der Waals surface area contributed by atoms with Crippen LogP contribution in [0.15, 0.2) is 42.6 Å². The average molecular weight is 820 g/mol. The molecular weight excluding hydrogens is 763 g/mol. The number of para-hydroxylation sites is 1. The number of thiazole rings is 1. The van der Waals surface area contributed by atoms with E-state index in [0.29, 0.717) is 58.8 Å². The third-order valence-electron chi connectivity index (χ3n) is 13.9. The van der Waals surface area contributed by atoms with E-state index in [9.17, 15) is 15.0 Å². The molecule has 3 atom stereocenters. The zero-order valence-corrected chi connectivity index (χ0v) is 35.5. The van der Waals surface area contributed by atoms with Crippen LogP contribution in [0, 0.1) is 35.5 Å². The number of fused-ring (bicyclic) bond motifs is 2. The second-order valence-electron chi connectivity index (χ2n) is 19.2. The minimum Gasteiger partial charge on any atom is -0.476 e. The number of carboxylic acid groups (broad SMARTS) is 1. The van der Waals surface area contributed by atoms with Crippen LogP contribution in [0.1, 0.15) is 105 Å². The summed E-state index contributed by atoms with van der Waals surface area (Å²) in [4.78, 5) is 24.5. The first-order valence-corrected chi connectivity index (χ1v) is 22.1. The van der Waals surface area contributed by atoms with Crippen molar-refractivity contribution in [3.8, 4) is 11.1 Å². The molecule has 4 saturated carbocycles. The van der Waals surface area contributed by atoms with Gasteiger partial charge in [-0.2, -0.15) is 5.10 Å². The van der Waals surface area contributed by atoms with Gasteiger partial charge in [-0.05, 0) is 143 Å². The van der Waals surface area contributed by atoms with E-state index in [1.54, 1.807) is 11.3 Å². The van der Waals surface area contributed by atoms with Crippen molar-refractivity contribution in [3.05, 3.63) is 65.1 Å². The number of aliphatic hydroxyl groups is 2. The number of aliphatic hydroxyl groups excluding tert-OH is 2. The second kappa shape index (κ2) is 15.2. The van der Waals surface area contributed by atoms with E-state index in [2.05, 4.69) is 52.4 Å². The molecule has 2 unspecified atom stereocenters. The summed E-state index contributed by atoms with van der Waals surface area (Å²) in [5, 5.41) is 51.3. The molecule has 1 aromatic carbocycles. The maximum Gasteiger partial charge on any atom is 0.355 e. The molecule has 0 spiro atoms. The number of pyridine rings is 1. The van der Waals surface area contributed by atoms with Crippen LogP contribution in [-0.4, -0.2) is 83.6 Å². The van der Waals surface area contributed by atoms with Crippen LogP contribution in [0.3, 0.4) is 0 Å². The summed E-state index contributed by atoms with van der Waals surface area (Å²) in [6, 6.07) is 11.8. The summed E-state index contributed by atoms with van der Waals surface area (Å²) in [7, 11) is 0. The molecule has 0 amide bonds. The van der Waals surface area contributed by atoms with Gasteiger partial charge in [0.1, 0.15) is 5.82 Å². The number of aromatic nitrogens is 6.